The van der Waals surface area contributed by atoms with Crippen molar-refractivity contribution in [2.24, 2.45) is 0 Å². The average Bonchev–Trinajstić information content (AvgIpc) is 3.09. The standard InChI is InChI=1S/C20H16N2O4S/c1-3-26-15-11-7-6-10-14(15)22-19(24)17(27-20(22)25)16-12-8-4-5-9-13(12)21(2)18(16)23/h4-11H,3H2,1-2H3/b17-16-. The van der Waals surface area contributed by atoms with Crippen LogP contribution in [0.5, 0.6) is 5.75 Å². The number of anilines is 2. The highest BCUT2D eigenvalue weighted by Gasteiger charge is 2.44. The number of carbonyl (C=O) groups excluding carboxylic acids is 3. The summed E-state index contributed by atoms with van der Waals surface area (Å²) in [4.78, 5) is 41.3. The molecule has 2 aliphatic heterocycles. The molecule has 6 nitrogen and oxygen atoms in total. The molecule has 2 heterocycles. The summed E-state index contributed by atoms with van der Waals surface area (Å²) in [5.74, 6) is -0.353. The van der Waals surface area contributed by atoms with Crippen molar-refractivity contribution < 1.29 is 19.1 Å². The van der Waals surface area contributed by atoms with Gasteiger partial charge in [-0.3, -0.25) is 14.4 Å². The lowest BCUT2D eigenvalue weighted by Crippen LogP contribution is -2.29. The van der Waals surface area contributed by atoms with Gasteiger partial charge in [0, 0.05) is 12.6 Å². The molecule has 1 saturated heterocycles. The topological polar surface area (TPSA) is 66.9 Å². The van der Waals surface area contributed by atoms with E-state index in [-0.39, 0.29) is 16.4 Å². The van der Waals surface area contributed by atoms with Gasteiger partial charge in [0.15, 0.2) is 0 Å². The maximum atomic E-state index is 13.1. The Kier molecular flexibility index (Phi) is 4.24. The van der Waals surface area contributed by atoms with E-state index >= 15 is 0 Å². The zero-order valence-corrected chi connectivity index (χ0v) is 15.6. The van der Waals surface area contributed by atoms with Gasteiger partial charge < -0.3 is 9.64 Å². The normalized spacial score (nSPS) is 19.1. The Morgan fingerprint density at radius 2 is 1.59 bits per heavy atom. The lowest BCUT2D eigenvalue weighted by molar-refractivity contribution is -0.115. The molecule has 4 rings (SSSR count). The van der Waals surface area contributed by atoms with Crippen molar-refractivity contribution >= 4 is 45.8 Å². The third-order valence-corrected chi connectivity index (χ3v) is 5.40. The second-order valence-electron chi connectivity index (χ2n) is 5.99. The van der Waals surface area contributed by atoms with Crippen LogP contribution >= 0.6 is 11.8 Å². The van der Waals surface area contributed by atoms with Gasteiger partial charge in [-0.1, -0.05) is 30.3 Å². The fourth-order valence-corrected chi connectivity index (χ4v) is 4.16. The van der Waals surface area contributed by atoms with Crippen LogP contribution in [0.1, 0.15) is 12.5 Å². The van der Waals surface area contributed by atoms with Crippen LogP contribution in [-0.2, 0) is 9.59 Å². The highest BCUT2D eigenvalue weighted by atomic mass is 32.2. The number of hydrogen-bond acceptors (Lipinski definition) is 5. The maximum absolute atomic E-state index is 13.1. The molecule has 0 aromatic heterocycles. The quantitative estimate of drug-likeness (QED) is 0.760. The van der Waals surface area contributed by atoms with Crippen LogP contribution in [0, 0.1) is 0 Å². The van der Waals surface area contributed by atoms with Gasteiger partial charge in [0.05, 0.1) is 28.5 Å². The molecule has 2 aromatic rings. The smallest absolute Gasteiger partial charge is 0.298 e. The average molecular weight is 380 g/mol. The Balaban J connectivity index is 1.83. The summed E-state index contributed by atoms with van der Waals surface area (Å²) in [6.45, 7) is 2.24. The molecule has 136 valence electrons. The fraction of sp³-hybridized carbons (Fsp3) is 0.150. The molecule has 0 N–H and O–H groups in total. The molecule has 0 spiro atoms. The first kappa shape index (κ1) is 17.4. The van der Waals surface area contributed by atoms with Crippen LogP contribution in [-0.4, -0.2) is 30.7 Å². The molecular weight excluding hydrogens is 364 g/mol. The Morgan fingerprint density at radius 3 is 2.33 bits per heavy atom. The number of thioether (sulfide) groups is 1. The van der Waals surface area contributed by atoms with Gasteiger partial charge in [0.2, 0.25) is 0 Å². The van der Waals surface area contributed by atoms with E-state index in [1.165, 1.54) is 4.90 Å². The van der Waals surface area contributed by atoms with Crippen LogP contribution in [0.3, 0.4) is 0 Å². The number of likely N-dealkylation sites (N-methyl/N-ethyl adjacent to an activating group) is 1. The number of ether oxygens (including phenoxy) is 1. The molecule has 0 unspecified atom stereocenters. The van der Waals surface area contributed by atoms with Crippen LogP contribution in [0.2, 0.25) is 0 Å². The van der Waals surface area contributed by atoms with Crippen molar-refractivity contribution in [1.82, 2.24) is 0 Å². The molecule has 2 aliphatic rings. The van der Waals surface area contributed by atoms with Crippen molar-refractivity contribution in [3.05, 3.63) is 59.0 Å². The number of imide groups is 1. The van der Waals surface area contributed by atoms with E-state index in [2.05, 4.69) is 0 Å². The van der Waals surface area contributed by atoms with Gasteiger partial charge in [0.25, 0.3) is 17.1 Å². The molecular formula is C20H16N2O4S. The largest absolute Gasteiger partial charge is 0.492 e. The summed E-state index contributed by atoms with van der Waals surface area (Å²) in [6, 6.07) is 14.1. The Hall–Kier alpha value is -3.06. The van der Waals surface area contributed by atoms with Crippen LogP contribution in [0.4, 0.5) is 16.2 Å². The summed E-state index contributed by atoms with van der Waals surface area (Å²) in [7, 11) is 1.66. The molecule has 3 amide bonds. The summed E-state index contributed by atoms with van der Waals surface area (Å²) < 4.78 is 5.55. The lowest BCUT2D eigenvalue weighted by Gasteiger charge is -2.16. The Labute approximate surface area is 160 Å². The zero-order chi connectivity index (χ0) is 19.1. The first-order valence-electron chi connectivity index (χ1n) is 8.44. The molecule has 0 bridgehead atoms. The monoisotopic (exact) mass is 380 g/mol. The van der Waals surface area contributed by atoms with Gasteiger partial charge in [-0.25, -0.2) is 4.90 Å². The maximum Gasteiger partial charge on any atom is 0.298 e. The number of para-hydroxylation sites is 3. The first-order chi connectivity index (χ1) is 13.0. The van der Waals surface area contributed by atoms with E-state index in [9.17, 15) is 14.4 Å². The van der Waals surface area contributed by atoms with Crippen LogP contribution in [0.25, 0.3) is 5.57 Å². The zero-order valence-electron chi connectivity index (χ0n) is 14.8. The van der Waals surface area contributed by atoms with E-state index < -0.39 is 11.1 Å². The fourth-order valence-electron chi connectivity index (χ4n) is 3.24. The predicted octanol–water partition coefficient (Wildman–Crippen LogP) is 3.67. The minimum atomic E-state index is -0.509. The van der Waals surface area contributed by atoms with Crippen molar-refractivity contribution in [2.75, 3.05) is 23.5 Å². The minimum Gasteiger partial charge on any atom is -0.492 e. The highest BCUT2D eigenvalue weighted by Crippen LogP contribution is 2.46. The van der Waals surface area contributed by atoms with Crippen molar-refractivity contribution in [2.45, 2.75) is 6.92 Å². The highest BCUT2D eigenvalue weighted by molar-refractivity contribution is 8.19. The second kappa shape index (κ2) is 6.59. The molecule has 7 heteroatoms. The summed E-state index contributed by atoms with van der Waals surface area (Å²) in [5, 5.41) is -0.450. The van der Waals surface area contributed by atoms with Gasteiger partial charge in [0.1, 0.15) is 5.75 Å². The summed E-state index contributed by atoms with van der Waals surface area (Å²) >= 11 is 0.784. The van der Waals surface area contributed by atoms with Gasteiger partial charge in [-0.15, -0.1) is 0 Å². The molecule has 2 aromatic carbocycles. The number of nitrogens with zero attached hydrogens (tertiary/aromatic N) is 2. The molecule has 27 heavy (non-hydrogen) atoms. The lowest BCUT2D eigenvalue weighted by atomic mass is 10.1. The van der Waals surface area contributed by atoms with E-state index in [4.69, 9.17) is 4.74 Å². The second-order valence-corrected chi connectivity index (χ2v) is 6.96. The minimum absolute atomic E-state index is 0.146. The Morgan fingerprint density at radius 1 is 0.926 bits per heavy atom. The first-order valence-corrected chi connectivity index (χ1v) is 9.26. The number of amides is 3. The number of rotatable bonds is 3. The number of hydrogen-bond donors (Lipinski definition) is 0. The van der Waals surface area contributed by atoms with Gasteiger partial charge >= 0.3 is 0 Å². The van der Waals surface area contributed by atoms with Crippen molar-refractivity contribution in [3.8, 4) is 5.75 Å². The van der Waals surface area contributed by atoms with Crippen LogP contribution in [0.15, 0.2) is 53.4 Å². The third kappa shape index (κ3) is 2.62. The predicted molar refractivity (Wildman–Crippen MR) is 105 cm³/mol. The summed E-state index contributed by atoms with van der Waals surface area (Å²) in [5.41, 5.74) is 2.03. The molecule has 0 saturated carbocycles. The number of carbonyl (C=O) groups is 3. The molecule has 1 fully saturated rings. The number of fused-ring (bicyclic) bond motifs is 1. The summed E-state index contributed by atoms with van der Waals surface area (Å²) in [6.07, 6.45) is 0. The third-order valence-electron chi connectivity index (χ3n) is 4.46. The van der Waals surface area contributed by atoms with Crippen molar-refractivity contribution in [1.29, 1.82) is 0 Å². The van der Waals surface area contributed by atoms with Crippen molar-refractivity contribution in [3.63, 3.8) is 0 Å². The molecule has 0 atom stereocenters. The van der Waals surface area contributed by atoms with E-state index in [1.807, 2.05) is 19.1 Å². The number of benzene rings is 2. The van der Waals surface area contributed by atoms with Gasteiger partial charge in [-0.05, 0) is 36.9 Å². The van der Waals surface area contributed by atoms with E-state index in [1.54, 1.807) is 43.4 Å². The van der Waals surface area contributed by atoms with Crippen LogP contribution < -0.4 is 14.5 Å². The molecule has 0 aliphatic carbocycles. The SMILES string of the molecule is CCOc1ccccc1N1C(=O)S/C(=C2\C(=O)N(C)c3ccccc32)C1=O. The van der Waals surface area contributed by atoms with E-state index in [0.29, 0.717) is 23.6 Å². The van der Waals surface area contributed by atoms with E-state index in [0.717, 1.165) is 22.3 Å². The van der Waals surface area contributed by atoms with Gasteiger partial charge in [-0.2, -0.15) is 0 Å². The Bertz CT molecular complexity index is 1010. The molecule has 0 radical (unpaired) electrons.